The van der Waals surface area contributed by atoms with Crippen LogP contribution in [-0.2, 0) is 13.0 Å². The standard InChI is InChI=1S/C19H24N2O3/c1-19(2)11-14-9-6-10-15(17(14)24-19)22-12-16-20-21-18(23-16)13-7-4-3-5-8-13/h6,9-10,13H,3-5,7-8,11-12H2,1-2H3. The fourth-order valence-electron chi connectivity index (χ4n) is 3.68. The van der Waals surface area contributed by atoms with E-state index in [0.717, 1.165) is 36.7 Å². The predicted molar refractivity (Wildman–Crippen MR) is 89.3 cm³/mol. The van der Waals surface area contributed by atoms with Crippen LogP contribution in [0.1, 0.15) is 69.2 Å². The lowest BCUT2D eigenvalue weighted by Gasteiger charge is -2.18. The van der Waals surface area contributed by atoms with Gasteiger partial charge in [0.15, 0.2) is 18.1 Å². The van der Waals surface area contributed by atoms with Crippen LogP contribution in [0.25, 0.3) is 0 Å². The fraction of sp³-hybridized carbons (Fsp3) is 0.579. The lowest BCUT2D eigenvalue weighted by molar-refractivity contribution is 0.130. The van der Waals surface area contributed by atoms with Crippen LogP contribution in [-0.4, -0.2) is 15.8 Å². The molecule has 128 valence electrons. The quantitative estimate of drug-likeness (QED) is 0.832. The van der Waals surface area contributed by atoms with Crippen molar-refractivity contribution in [2.24, 2.45) is 0 Å². The van der Waals surface area contributed by atoms with Crippen molar-refractivity contribution in [1.29, 1.82) is 0 Å². The summed E-state index contributed by atoms with van der Waals surface area (Å²) in [5.74, 6) is 3.31. The van der Waals surface area contributed by atoms with Crippen molar-refractivity contribution < 1.29 is 13.9 Å². The van der Waals surface area contributed by atoms with Crippen LogP contribution in [0.5, 0.6) is 11.5 Å². The van der Waals surface area contributed by atoms with Crippen LogP contribution in [0.2, 0.25) is 0 Å². The van der Waals surface area contributed by atoms with E-state index in [1.165, 1.54) is 24.8 Å². The van der Waals surface area contributed by atoms with Crippen molar-refractivity contribution in [3.8, 4) is 11.5 Å². The number of para-hydroxylation sites is 1. The van der Waals surface area contributed by atoms with Gasteiger partial charge in [0.05, 0.1) is 0 Å². The molecule has 0 N–H and O–H groups in total. The Morgan fingerprint density at radius 3 is 2.83 bits per heavy atom. The molecule has 1 aromatic heterocycles. The molecule has 2 aromatic rings. The van der Waals surface area contributed by atoms with Gasteiger partial charge in [-0.05, 0) is 32.8 Å². The first-order valence-corrected chi connectivity index (χ1v) is 8.87. The highest BCUT2D eigenvalue weighted by atomic mass is 16.5. The molecule has 1 saturated carbocycles. The molecule has 0 atom stereocenters. The van der Waals surface area contributed by atoms with E-state index in [-0.39, 0.29) is 12.2 Å². The maximum atomic E-state index is 6.02. The summed E-state index contributed by atoms with van der Waals surface area (Å²) in [5.41, 5.74) is 1.01. The Balaban J connectivity index is 1.43. The fourth-order valence-corrected chi connectivity index (χ4v) is 3.68. The molecule has 2 aliphatic rings. The third kappa shape index (κ3) is 3.12. The van der Waals surface area contributed by atoms with E-state index in [1.807, 2.05) is 12.1 Å². The summed E-state index contributed by atoms with van der Waals surface area (Å²) in [7, 11) is 0. The van der Waals surface area contributed by atoms with Gasteiger partial charge in [0.1, 0.15) is 5.60 Å². The highest BCUT2D eigenvalue weighted by molar-refractivity contribution is 5.50. The monoisotopic (exact) mass is 328 g/mol. The highest BCUT2D eigenvalue weighted by Gasteiger charge is 2.32. The number of ether oxygens (including phenoxy) is 2. The Morgan fingerprint density at radius 2 is 2.00 bits per heavy atom. The van der Waals surface area contributed by atoms with Gasteiger partial charge in [-0.3, -0.25) is 0 Å². The molecule has 1 fully saturated rings. The van der Waals surface area contributed by atoms with Crippen molar-refractivity contribution in [2.45, 2.75) is 70.5 Å². The second kappa shape index (κ2) is 6.11. The minimum Gasteiger partial charge on any atom is -0.483 e. The lowest BCUT2D eigenvalue weighted by atomic mass is 9.89. The van der Waals surface area contributed by atoms with Crippen LogP contribution in [0.3, 0.4) is 0 Å². The van der Waals surface area contributed by atoms with Gasteiger partial charge in [0, 0.05) is 17.9 Å². The summed E-state index contributed by atoms with van der Waals surface area (Å²) in [6.45, 7) is 4.45. The van der Waals surface area contributed by atoms with Crippen LogP contribution in [0.4, 0.5) is 0 Å². The molecule has 5 heteroatoms. The zero-order valence-corrected chi connectivity index (χ0v) is 14.4. The summed E-state index contributed by atoms with van der Waals surface area (Å²) < 4.78 is 17.7. The molecule has 0 saturated heterocycles. The van der Waals surface area contributed by atoms with Crippen molar-refractivity contribution >= 4 is 0 Å². The molecule has 0 spiro atoms. The van der Waals surface area contributed by atoms with Crippen molar-refractivity contribution in [3.05, 3.63) is 35.5 Å². The number of benzene rings is 1. The predicted octanol–water partition coefficient (Wildman–Crippen LogP) is 4.41. The van der Waals surface area contributed by atoms with Crippen molar-refractivity contribution in [1.82, 2.24) is 10.2 Å². The normalized spacial score (nSPS) is 19.8. The average molecular weight is 328 g/mol. The van der Waals surface area contributed by atoms with Gasteiger partial charge in [-0.1, -0.05) is 31.4 Å². The Morgan fingerprint density at radius 1 is 1.17 bits per heavy atom. The largest absolute Gasteiger partial charge is 0.483 e. The number of fused-ring (bicyclic) bond motifs is 1. The molecule has 4 rings (SSSR count). The molecule has 0 radical (unpaired) electrons. The second-order valence-electron chi connectivity index (χ2n) is 7.44. The van der Waals surface area contributed by atoms with Gasteiger partial charge < -0.3 is 13.9 Å². The summed E-state index contributed by atoms with van der Waals surface area (Å²) in [6, 6.07) is 6.02. The first-order valence-electron chi connectivity index (χ1n) is 8.87. The number of nitrogens with zero attached hydrogens (tertiary/aromatic N) is 2. The smallest absolute Gasteiger partial charge is 0.253 e. The van der Waals surface area contributed by atoms with E-state index in [4.69, 9.17) is 13.9 Å². The second-order valence-corrected chi connectivity index (χ2v) is 7.44. The summed E-state index contributed by atoms with van der Waals surface area (Å²) >= 11 is 0. The Bertz CT molecular complexity index is 717. The van der Waals surface area contributed by atoms with Crippen LogP contribution in [0, 0.1) is 0 Å². The van der Waals surface area contributed by atoms with E-state index in [9.17, 15) is 0 Å². The van der Waals surface area contributed by atoms with E-state index < -0.39 is 0 Å². The molecule has 1 aliphatic carbocycles. The first kappa shape index (κ1) is 15.5. The molecule has 24 heavy (non-hydrogen) atoms. The average Bonchev–Trinajstić information content (AvgIpc) is 3.16. The zero-order chi connectivity index (χ0) is 16.6. The molecule has 1 aromatic carbocycles. The first-order chi connectivity index (χ1) is 11.6. The van der Waals surface area contributed by atoms with Gasteiger partial charge in [0.2, 0.25) is 5.89 Å². The Kier molecular flexibility index (Phi) is 3.94. The molecular weight excluding hydrogens is 304 g/mol. The van der Waals surface area contributed by atoms with Crippen LogP contribution >= 0.6 is 0 Å². The summed E-state index contributed by atoms with van der Waals surface area (Å²) in [6.07, 6.45) is 7.02. The molecule has 1 aliphatic heterocycles. The van der Waals surface area contributed by atoms with E-state index >= 15 is 0 Å². The lowest BCUT2D eigenvalue weighted by Crippen LogP contribution is -2.24. The van der Waals surface area contributed by atoms with Crippen LogP contribution < -0.4 is 9.47 Å². The zero-order valence-electron chi connectivity index (χ0n) is 14.4. The third-order valence-electron chi connectivity index (χ3n) is 4.84. The third-order valence-corrected chi connectivity index (χ3v) is 4.84. The minimum absolute atomic E-state index is 0.180. The van der Waals surface area contributed by atoms with E-state index in [0.29, 0.717) is 11.8 Å². The highest BCUT2D eigenvalue weighted by Crippen LogP contribution is 2.42. The molecule has 0 unspecified atom stereocenters. The summed E-state index contributed by atoms with van der Waals surface area (Å²) in [4.78, 5) is 0. The van der Waals surface area contributed by atoms with Crippen molar-refractivity contribution in [3.63, 3.8) is 0 Å². The molecule has 2 heterocycles. The van der Waals surface area contributed by atoms with Gasteiger partial charge in [-0.2, -0.15) is 0 Å². The van der Waals surface area contributed by atoms with Gasteiger partial charge in [-0.25, -0.2) is 0 Å². The van der Waals surface area contributed by atoms with Crippen molar-refractivity contribution in [2.75, 3.05) is 0 Å². The molecule has 0 amide bonds. The maximum absolute atomic E-state index is 6.02. The number of rotatable bonds is 4. The SMILES string of the molecule is CC1(C)Cc2cccc(OCc3nnc(C4CCCCC4)o3)c2O1. The van der Waals surface area contributed by atoms with E-state index in [1.54, 1.807) is 0 Å². The number of hydrogen-bond acceptors (Lipinski definition) is 5. The maximum Gasteiger partial charge on any atom is 0.253 e. The number of aromatic nitrogens is 2. The Hall–Kier alpha value is -2.04. The topological polar surface area (TPSA) is 57.4 Å². The molecule has 0 bridgehead atoms. The summed E-state index contributed by atoms with van der Waals surface area (Å²) in [5, 5.41) is 8.37. The molecule has 5 nitrogen and oxygen atoms in total. The molecular formula is C19H24N2O3. The van der Waals surface area contributed by atoms with E-state index in [2.05, 4.69) is 30.1 Å². The van der Waals surface area contributed by atoms with Gasteiger partial charge in [0.25, 0.3) is 5.89 Å². The minimum atomic E-state index is -0.180. The van der Waals surface area contributed by atoms with Gasteiger partial charge >= 0.3 is 0 Å². The number of hydrogen-bond donors (Lipinski definition) is 0. The van der Waals surface area contributed by atoms with Crippen LogP contribution in [0.15, 0.2) is 22.6 Å². The van der Waals surface area contributed by atoms with Gasteiger partial charge in [-0.15, -0.1) is 10.2 Å². The Labute approximate surface area is 142 Å².